The summed E-state index contributed by atoms with van der Waals surface area (Å²) in [7, 11) is 1.24. The molecule has 10 nitrogen and oxygen atoms in total. The largest absolute Gasteiger partial charge is 0.466 e. The van der Waals surface area contributed by atoms with E-state index in [-0.39, 0.29) is 30.0 Å². The fourth-order valence-electron chi connectivity index (χ4n) is 5.10. The summed E-state index contributed by atoms with van der Waals surface area (Å²) in [6, 6.07) is 18.1. The van der Waals surface area contributed by atoms with E-state index in [1.807, 2.05) is 25.3 Å². The molecule has 44 heavy (non-hydrogen) atoms. The predicted octanol–water partition coefficient (Wildman–Crippen LogP) is 5.65. The van der Waals surface area contributed by atoms with Crippen LogP contribution in [0, 0.1) is 10.1 Å². The molecule has 4 rings (SSSR count). The number of aromatic nitrogens is 1. The van der Waals surface area contributed by atoms with Crippen LogP contribution in [-0.4, -0.2) is 48.8 Å². The fourth-order valence-corrected chi connectivity index (χ4v) is 5.10. The summed E-state index contributed by atoms with van der Waals surface area (Å²) < 4.78 is 16.3. The SMILES string of the molecule is COC(=O)C1=C(C)NC(C)=C(C(=O)OCCOCC(C)=Cc2ccc(Cc3cccnc3)cc2)C1c1cccc([N+](=O)[O-])c1. The lowest BCUT2D eigenvalue weighted by atomic mass is 9.80. The van der Waals surface area contributed by atoms with Gasteiger partial charge in [-0.25, -0.2) is 9.59 Å². The smallest absolute Gasteiger partial charge is 0.336 e. The Hall–Kier alpha value is -5.09. The van der Waals surface area contributed by atoms with Crippen LogP contribution in [0.3, 0.4) is 0 Å². The number of benzene rings is 2. The van der Waals surface area contributed by atoms with Gasteiger partial charge >= 0.3 is 11.9 Å². The molecule has 0 amide bonds. The van der Waals surface area contributed by atoms with Crippen molar-refractivity contribution in [3.63, 3.8) is 0 Å². The first-order valence-corrected chi connectivity index (χ1v) is 14.1. The molecule has 2 heterocycles. The zero-order chi connectivity index (χ0) is 31.6. The molecule has 1 aliphatic rings. The van der Waals surface area contributed by atoms with Gasteiger partial charge in [0.15, 0.2) is 0 Å². The molecular weight excluding hydrogens is 562 g/mol. The molecule has 1 aromatic heterocycles. The molecule has 0 radical (unpaired) electrons. The highest BCUT2D eigenvalue weighted by Crippen LogP contribution is 2.40. The average molecular weight is 598 g/mol. The number of allylic oxidation sites excluding steroid dienone is 2. The van der Waals surface area contributed by atoms with Crippen LogP contribution in [0.15, 0.2) is 101 Å². The summed E-state index contributed by atoms with van der Waals surface area (Å²) >= 11 is 0. The third-order valence-corrected chi connectivity index (χ3v) is 7.11. The third-order valence-electron chi connectivity index (χ3n) is 7.11. The predicted molar refractivity (Wildman–Crippen MR) is 165 cm³/mol. The van der Waals surface area contributed by atoms with E-state index in [4.69, 9.17) is 14.2 Å². The highest BCUT2D eigenvalue weighted by molar-refractivity contribution is 5.99. The minimum atomic E-state index is -0.919. The summed E-state index contributed by atoms with van der Waals surface area (Å²) in [5.41, 5.74) is 5.94. The van der Waals surface area contributed by atoms with Gasteiger partial charge in [0.2, 0.25) is 0 Å². The van der Waals surface area contributed by atoms with Crippen LogP contribution < -0.4 is 5.32 Å². The molecule has 10 heteroatoms. The number of dihydropyridines is 1. The molecule has 1 unspecified atom stereocenters. The fraction of sp³-hybridized carbons (Fsp3) is 0.265. The molecular formula is C34H35N3O7. The van der Waals surface area contributed by atoms with Gasteiger partial charge in [-0.15, -0.1) is 0 Å². The molecule has 228 valence electrons. The van der Waals surface area contributed by atoms with E-state index < -0.39 is 22.8 Å². The Balaban J connectivity index is 1.36. The van der Waals surface area contributed by atoms with E-state index >= 15 is 0 Å². The van der Waals surface area contributed by atoms with Crippen LogP contribution in [0.4, 0.5) is 5.69 Å². The molecule has 2 aromatic carbocycles. The van der Waals surface area contributed by atoms with Crippen molar-refractivity contribution in [3.05, 3.63) is 134 Å². The van der Waals surface area contributed by atoms with Crippen molar-refractivity contribution in [1.29, 1.82) is 0 Å². The second kappa shape index (κ2) is 14.9. The molecule has 3 aromatic rings. The third kappa shape index (κ3) is 8.05. The first-order valence-electron chi connectivity index (χ1n) is 14.1. The second-order valence-corrected chi connectivity index (χ2v) is 10.4. The van der Waals surface area contributed by atoms with E-state index in [1.54, 1.807) is 26.1 Å². The number of nitro benzene ring substituents is 1. The maximum Gasteiger partial charge on any atom is 0.336 e. The highest BCUT2D eigenvalue weighted by atomic mass is 16.6. The highest BCUT2D eigenvalue weighted by Gasteiger charge is 2.38. The number of non-ortho nitro benzene ring substituents is 1. The Bertz CT molecular complexity index is 1610. The Morgan fingerprint density at radius 2 is 1.70 bits per heavy atom. The number of nitrogens with one attached hydrogen (secondary N) is 1. The van der Waals surface area contributed by atoms with Gasteiger partial charge in [-0.1, -0.05) is 48.5 Å². The molecule has 1 atom stereocenters. The number of methoxy groups -OCH3 is 1. The lowest BCUT2D eigenvalue weighted by Gasteiger charge is -2.30. The molecule has 1 aliphatic heterocycles. The number of pyridine rings is 1. The zero-order valence-corrected chi connectivity index (χ0v) is 25.2. The van der Waals surface area contributed by atoms with Crippen molar-refractivity contribution in [2.45, 2.75) is 33.1 Å². The number of rotatable bonds is 12. The van der Waals surface area contributed by atoms with E-state index in [1.165, 1.54) is 30.9 Å². The van der Waals surface area contributed by atoms with Crippen molar-refractivity contribution in [1.82, 2.24) is 10.3 Å². The first-order chi connectivity index (χ1) is 21.2. The van der Waals surface area contributed by atoms with Gasteiger partial charge in [0, 0.05) is 35.9 Å². The average Bonchev–Trinajstić information content (AvgIpc) is 3.01. The van der Waals surface area contributed by atoms with Gasteiger partial charge in [-0.2, -0.15) is 0 Å². The van der Waals surface area contributed by atoms with Crippen molar-refractivity contribution in [3.8, 4) is 0 Å². The number of carbonyl (C=O) groups is 2. The van der Waals surface area contributed by atoms with Crippen molar-refractivity contribution in [2.75, 3.05) is 26.9 Å². The maximum absolute atomic E-state index is 13.4. The molecule has 0 bridgehead atoms. The number of esters is 2. The van der Waals surface area contributed by atoms with Gasteiger partial charge < -0.3 is 19.5 Å². The second-order valence-electron chi connectivity index (χ2n) is 10.4. The van der Waals surface area contributed by atoms with Crippen molar-refractivity contribution in [2.24, 2.45) is 0 Å². The number of ether oxygens (including phenoxy) is 3. The monoisotopic (exact) mass is 597 g/mol. The van der Waals surface area contributed by atoms with E-state index in [0.717, 1.165) is 23.1 Å². The van der Waals surface area contributed by atoms with Gasteiger partial charge in [-0.3, -0.25) is 15.1 Å². The number of hydrogen-bond acceptors (Lipinski definition) is 9. The molecule has 1 N–H and O–H groups in total. The van der Waals surface area contributed by atoms with Crippen LogP contribution in [-0.2, 0) is 30.2 Å². The zero-order valence-electron chi connectivity index (χ0n) is 25.2. The number of nitrogens with zero attached hydrogens (tertiary/aromatic N) is 2. The van der Waals surface area contributed by atoms with Gasteiger partial charge in [0.1, 0.15) is 6.61 Å². The summed E-state index contributed by atoms with van der Waals surface area (Å²) in [5.74, 6) is -2.24. The van der Waals surface area contributed by atoms with E-state index in [9.17, 15) is 19.7 Å². The lowest BCUT2D eigenvalue weighted by Crippen LogP contribution is -2.32. The van der Waals surface area contributed by atoms with Gasteiger partial charge in [-0.05, 0) is 61.1 Å². The van der Waals surface area contributed by atoms with Crippen LogP contribution >= 0.6 is 0 Å². The van der Waals surface area contributed by atoms with Crippen LogP contribution in [0.2, 0.25) is 0 Å². The van der Waals surface area contributed by atoms with Crippen molar-refractivity contribution < 1.29 is 28.7 Å². The summed E-state index contributed by atoms with van der Waals surface area (Å²) in [6.45, 7) is 5.81. The number of hydrogen-bond donors (Lipinski definition) is 1. The van der Waals surface area contributed by atoms with Gasteiger partial charge in [0.25, 0.3) is 5.69 Å². The number of carbonyl (C=O) groups excluding carboxylic acids is 2. The first kappa shape index (κ1) is 31.8. The molecule has 0 spiro atoms. The minimum absolute atomic E-state index is 0.0240. The quantitative estimate of drug-likeness (QED) is 0.122. The minimum Gasteiger partial charge on any atom is -0.466 e. The van der Waals surface area contributed by atoms with Crippen LogP contribution in [0.1, 0.15) is 48.9 Å². The lowest BCUT2D eigenvalue weighted by molar-refractivity contribution is -0.384. The standard InChI is InChI=1S/C34H35N3O7/c1-22(17-25-10-12-26(13-11-25)18-27-7-6-14-35-20-27)21-43-15-16-44-34(39)31-24(3)36-23(2)30(33(38)42-4)32(31)28-8-5-9-29(19-28)37(40)41/h5-14,17,19-20,32,36H,15-16,18,21H2,1-4H3. The normalized spacial score (nSPS) is 15.1. The summed E-state index contributed by atoms with van der Waals surface area (Å²) in [6.07, 6.45) is 6.48. The topological polar surface area (TPSA) is 130 Å². The Morgan fingerprint density at radius 3 is 2.36 bits per heavy atom. The summed E-state index contributed by atoms with van der Waals surface area (Å²) in [5, 5.41) is 14.5. The van der Waals surface area contributed by atoms with Crippen LogP contribution in [0.25, 0.3) is 6.08 Å². The molecule has 0 saturated heterocycles. The van der Waals surface area contributed by atoms with Gasteiger partial charge in [0.05, 0.1) is 42.3 Å². The molecule has 0 saturated carbocycles. The van der Waals surface area contributed by atoms with Crippen LogP contribution in [0.5, 0.6) is 0 Å². The Labute approximate surface area is 256 Å². The Morgan fingerprint density at radius 1 is 0.977 bits per heavy atom. The van der Waals surface area contributed by atoms with E-state index in [2.05, 4.69) is 40.6 Å². The number of nitro groups is 1. The van der Waals surface area contributed by atoms with E-state index in [0.29, 0.717) is 23.6 Å². The molecule has 0 aliphatic carbocycles. The maximum atomic E-state index is 13.4. The summed E-state index contributed by atoms with van der Waals surface area (Å²) in [4.78, 5) is 41.2. The van der Waals surface area contributed by atoms with Crippen molar-refractivity contribution >= 4 is 23.7 Å². The Kier molecular flexibility index (Phi) is 10.8. The molecule has 0 fully saturated rings.